The molecule has 0 aromatic rings. The smallest absolute Gasteiger partial charge is 0.449 e. The third-order valence-corrected chi connectivity index (χ3v) is 11.2. The van der Waals surface area contributed by atoms with Gasteiger partial charge in [0.1, 0.15) is 30.7 Å². The fraction of sp³-hybridized carbons (Fsp3) is 0.794. The van der Waals surface area contributed by atoms with Crippen LogP contribution in [-0.2, 0) is 23.7 Å². The molecule has 262 valence electrons. The van der Waals surface area contributed by atoms with E-state index in [9.17, 15) is 29.7 Å². The van der Waals surface area contributed by atoms with Crippen molar-refractivity contribution in [2.75, 3.05) is 39.4 Å². The summed E-state index contributed by atoms with van der Waals surface area (Å²) in [4.78, 5) is 40.2. The molecule has 2 saturated heterocycles. The van der Waals surface area contributed by atoms with E-state index in [1.807, 2.05) is 13.8 Å². The minimum absolute atomic E-state index is 0.0478. The van der Waals surface area contributed by atoms with Crippen LogP contribution < -0.4 is 10.6 Å². The van der Waals surface area contributed by atoms with Crippen LogP contribution >= 0.6 is 0 Å². The summed E-state index contributed by atoms with van der Waals surface area (Å²) in [6.45, 7) is 8.18. The van der Waals surface area contributed by atoms with Crippen molar-refractivity contribution in [3.05, 3.63) is 24.0 Å². The number of nitrogens with zero attached hydrogens (tertiary/aromatic N) is 1. The number of aliphatic hydroxyl groups excluding tert-OH is 1. The number of carbonyl (C=O) groups excluding carboxylic acids is 3. The molecule has 6 rings (SSSR count). The fourth-order valence-electron chi connectivity index (χ4n) is 8.89. The SMILES string of the molecule is CC(C)NCC(COC(=O)NCCOC(=O)OC1=CCC2(O)[C@H]3CC4C=CC(O)C5O[C@@H]1[C@]2(CCN3CC1CC1)C45)C(=O)C(C)(C)O. The van der Waals surface area contributed by atoms with E-state index in [2.05, 4.69) is 21.6 Å². The molecule has 0 aromatic carbocycles. The molecule has 13 nitrogen and oxygen atoms in total. The molecule has 2 aliphatic heterocycles. The zero-order valence-electron chi connectivity index (χ0n) is 27.9. The maximum atomic E-state index is 12.8. The normalized spacial score (nSPS) is 36.3. The van der Waals surface area contributed by atoms with Gasteiger partial charge in [-0.3, -0.25) is 9.69 Å². The van der Waals surface area contributed by atoms with E-state index in [-0.39, 0.29) is 50.2 Å². The lowest BCUT2D eigenvalue weighted by atomic mass is 9.44. The Hall–Kier alpha value is -2.55. The summed E-state index contributed by atoms with van der Waals surface area (Å²) in [5.41, 5.74) is -3.36. The molecule has 47 heavy (non-hydrogen) atoms. The zero-order chi connectivity index (χ0) is 33.7. The molecular formula is C34H51N3O10. The number of rotatable bonds is 13. The molecule has 4 fully saturated rings. The second kappa shape index (κ2) is 13.1. The summed E-state index contributed by atoms with van der Waals surface area (Å²) >= 11 is 0. The van der Waals surface area contributed by atoms with E-state index in [4.69, 9.17) is 18.9 Å². The van der Waals surface area contributed by atoms with Crippen LogP contribution in [0.1, 0.15) is 59.8 Å². The van der Waals surface area contributed by atoms with Gasteiger partial charge in [-0.25, -0.2) is 9.59 Å². The minimum Gasteiger partial charge on any atom is -0.449 e. The summed E-state index contributed by atoms with van der Waals surface area (Å²) in [5.74, 6) is -0.162. The van der Waals surface area contributed by atoms with Gasteiger partial charge in [0, 0.05) is 36.5 Å². The minimum atomic E-state index is -1.57. The molecule has 2 bridgehead atoms. The second-order valence-corrected chi connectivity index (χ2v) is 15.2. The Morgan fingerprint density at radius 2 is 1.96 bits per heavy atom. The average molecular weight is 662 g/mol. The summed E-state index contributed by atoms with van der Waals surface area (Å²) in [7, 11) is 0. The number of hydrogen-bond donors (Lipinski definition) is 5. The highest BCUT2D eigenvalue weighted by Gasteiger charge is 2.76. The molecule has 1 amide bonds. The molecule has 1 spiro atoms. The number of nitrogens with one attached hydrogen (secondary N) is 2. The van der Waals surface area contributed by atoms with Gasteiger partial charge in [-0.2, -0.15) is 0 Å². The molecular weight excluding hydrogens is 610 g/mol. The third kappa shape index (κ3) is 6.47. The van der Waals surface area contributed by atoms with Gasteiger partial charge in [-0.15, -0.1) is 0 Å². The number of Topliss-reactive ketones (excluding diaryl/α,β-unsaturated/α-hetero) is 1. The highest BCUT2D eigenvalue weighted by Crippen LogP contribution is 2.69. The maximum Gasteiger partial charge on any atom is 0.513 e. The zero-order valence-corrected chi connectivity index (χ0v) is 27.9. The molecule has 6 aliphatic rings. The molecule has 4 aliphatic carbocycles. The molecule has 13 heteroatoms. The molecule has 0 aromatic heterocycles. The van der Waals surface area contributed by atoms with Crippen molar-refractivity contribution in [3.63, 3.8) is 0 Å². The van der Waals surface area contributed by atoms with Crippen molar-refractivity contribution in [1.82, 2.24) is 15.5 Å². The lowest BCUT2D eigenvalue weighted by molar-refractivity contribution is -0.236. The van der Waals surface area contributed by atoms with Crippen LogP contribution in [0.5, 0.6) is 0 Å². The average Bonchev–Trinajstić information content (AvgIpc) is 3.75. The Morgan fingerprint density at radius 3 is 2.66 bits per heavy atom. The van der Waals surface area contributed by atoms with Gasteiger partial charge in [-0.1, -0.05) is 26.0 Å². The Balaban J connectivity index is 1.04. The standard InChI is InChI=1S/C34H51N3O10/c1-19(2)36-16-22(28(39)32(3,4)42)18-45-30(40)35-12-14-44-31(41)46-24-9-10-34(43)25-15-21-7-8-23(38)27-26(21)33(34,29(24)47-27)11-13-37(25)17-20-5-6-20/h7-9,19-23,25-27,29,36,38,42-43H,5-6,10-18H2,1-4H3,(H,35,40)/t21?,22?,23?,25-,26?,27?,29+,33+,34?/m1/s1. The van der Waals surface area contributed by atoms with Crippen molar-refractivity contribution in [2.24, 2.45) is 29.1 Å². The van der Waals surface area contributed by atoms with Crippen LogP contribution in [0.2, 0.25) is 0 Å². The number of aliphatic hydroxyl groups is 3. The number of ether oxygens (including phenoxy) is 4. The van der Waals surface area contributed by atoms with Gasteiger partial charge in [0.2, 0.25) is 0 Å². The fourth-order valence-corrected chi connectivity index (χ4v) is 8.89. The van der Waals surface area contributed by atoms with Crippen molar-refractivity contribution in [2.45, 2.75) is 101 Å². The largest absolute Gasteiger partial charge is 0.513 e. The van der Waals surface area contributed by atoms with E-state index in [0.29, 0.717) is 24.5 Å². The second-order valence-electron chi connectivity index (χ2n) is 15.2. The van der Waals surface area contributed by atoms with Crippen LogP contribution in [0.3, 0.4) is 0 Å². The number of hydrogen-bond acceptors (Lipinski definition) is 12. The topological polar surface area (TPSA) is 176 Å². The molecule has 2 saturated carbocycles. The number of carbonyl (C=O) groups is 3. The molecule has 9 atom stereocenters. The first-order chi connectivity index (χ1) is 22.2. The van der Waals surface area contributed by atoms with Crippen molar-refractivity contribution < 1.29 is 48.7 Å². The maximum absolute atomic E-state index is 12.8. The highest BCUT2D eigenvalue weighted by atomic mass is 16.7. The van der Waals surface area contributed by atoms with Crippen molar-refractivity contribution >= 4 is 18.0 Å². The Morgan fingerprint density at radius 1 is 1.19 bits per heavy atom. The lowest BCUT2D eigenvalue weighted by Gasteiger charge is -2.66. The van der Waals surface area contributed by atoms with Crippen LogP contribution in [0.4, 0.5) is 9.59 Å². The van der Waals surface area contributed by atoms with Gasteiger partial charge >= 0.3 is 12.2 Å². The summed E-state index contributed by atoms with van der Waals surface area (Å²) in [6.07, 6.45) is 6.11. The number of amides is 1. The van der Waals surface area contributed by atoms with E-state index in [1.54, 1.807) is 12.2 Å². The van der Waals surface area contributed by atoms with Crippen LogP contribution in [0.25, 0.3) is 0 Å². The van der Waals surface area contributed by atoms with E-state index in [1.165, 1.54) is 26.7 Å². The van der Waals surface area contributed by atoms with E-state index in [0.717, 1.165) is 19.5 Å². The highest BCUT2D eigenvalue weighted by molar-refractivity contribution is 5.88. The lowest BCUT2D eigenvalue weighted by Crippen LogP contribution is -2.76. The number of piperidine rings is 1. The molecule has 0 radical (unpaired) electrons. The van der Waals surface area contributed by atoms with Crippen LogP contribution in [-0.4, -0.2) is 119 Å². The first kappa shape index (κ1) is 34.3. The quantitative estimate of drug-likeness (QED) is 0.110. The monoisotopic (exact) mass is 661 g/mol. The Labute approximate surface area is 276 Å². The summed E-state index contributed by atoms with van der Waals surface area (Å²) in [5, 5.41) is 39.2. The first-order valence-electron chi connectivity index (χ1n) is 17.2. The third-order valence-electron chi connectivity index (χ3n) is 11.2. The number of ketones is 1. The van der Waals surface area contributed by atoms with Gasteiger partial charge in [0.25, 0.3) is 0 Å². The van der Waals surface area contributed by atoms with Crippen molar-refractivity contribution in [3.8, 4) is 0 Å². The van der Waals surface area contributed by atoms with Gasteiger partial charge < -0.3 is 44.9 Å². The summed E-state index contributed by atoms with van der Waals surface area (Å²) in [6, 6.07) is 0.0518. The predicted octanol–water partition coefficient (Wildman–Crippen LogP) is 1.64. The predicted molar refractivity (Wildman–Crippen MR) is 168 cm³/mol. The molecule has 2 heterocycles. The van der Waals surface area contributed by atoms with Gasteiger partial charge in [0.15, 0.2) is 5.78 Å². The van der Waals surface area contributed by atoms with Crippen LogP contribution in [0, 0.1) is 29.1 Å². The van der Waals surface area contributed by atoms with E-state index < -0.39 is 58.9 Å². The number of likely N-dealkylation sites (tertiary alicyclic amines) is 1. The number of alkyl carbamates (subject to hydrolysis) is 1. The Kier molecular flexibility index (Phi) is 9.53. The van der Waals surface area contributed by atoms with Gasteiger partial charge in [0.05, 0.1) is 30.3 Å². The number of allylic oxidation sites excluding steroid dienone is 1. The summed E-state index contributed by atoms with van der Waals surface area (Å²) < 4.78 is 22.7. The molecule has 5 N–H and O–H groups in total. The van der Waals surface area contributed by atoms with E-state index >= 15 is 0 Å². The van der Waals surface area contributed by atoms with Gasteiger partial charge in [-0.05, 0) is 70.4 Å². The Bertz CT molecular complexity index is 1280. The first-order valence-corrected chi connectivity index (χ1v) is 17.2. The van der Waals surface area contributed by atoms with Crippen LogP contribution in [0.15, 0.2) is 24.0 Å². The molecule has 6 unspecified atom stereocenters. The van der Waals surface area contributed by atoms with Crippen molar-refractivity contribution in [1.29, 1.82) is 0 Å².